The van der Waals surface area contributed by atoms with E-state index < -0.39 is 0 Å². The van der Waals surface area contributed by atoms with Crippen LogP contribution < -0.4 is 0 Å². The van der Waals surface area contributed by atoms with E-state index in [4.69, 9.17) is 0 Å². The number of rotatable bonds is 3. The highest BCUT2D eigenvalue weighted by Crippen LogP contribution is 2.38. The van der Waals surface area contributed by atoms with Gasteiger partial charge in [-0.15, -0.1) is 0 Å². The second kappa shape index (κ2) is 5.44. The summed E-state index contributed by atoms with van der Waals surface area (Å²) in [5, 5.41) is 0. The van der Waals surface area contributed by atoms with Crippen molar-refractivity contribution in [1.29, 1.82) is 0 Å². The minimum atomic E-state index is 0.601. The minimum Gasteiger partial charge on any atom is -0.0805 e. The first kappa shape index (κ1) is 12.2. The molecule has 0 heteroatoms. The van der Waals surface area contributed by atoms with Crippen molar-refractivity contribution in [2.75, 3.05) is 0 Å². The normalized spacial score (nSPS) is 19.5. The molecule has 0 N–H and O–H groups in total. The van der Waals surface area contributed by atoms with Crippen molar-refractivity contribution in [3.63, 3.8) is 0 Å². The van der Waals surface area contributed by atoms with E-state index in [1.54, 1.807) is 11.1 Å². The zero-order chi connectivity index (χ0) is 13.1. The number of benzene rings is 2. The average molecular weight is 248 g/mol. The molecule has 2 aromatic rings. The SMILES string of the molecule is CC(/C=C/c1ccccc1)C1CCc2ccccc21. The zero-order valence-corrected chi connectivity index (χ0v) is 11.4. The molecule has 0 saturated carbocycles. The van der Waals surface area contributed by atoms with Crippen LogP contribution in [0.4, 0.5) is 0 Å². The highest BCUT2D eigenvalue weighted by Gasteiger charge is 2.25. The molecule has 0 fully saturated rings. The maximum atomic E-state index is 2.36. The molecule has 0 bridgehead atoms. The van der Waals surface area contributed by atoms with Gasteiger partial charge in [0.2, 0.25) is 0 Å². The van der Waals surface area contributed by atoms with Gasteiger partial charge in [-0.25, -0.2) is 0 Å². The van der Waals surface area contributed by atoms with Crippen LogP contribution in [0.3, 0.4) is 0 Å². The minimum absolute atomic E-state index is 0.601. The summed E-state index contributed by atoms with van der Waals surface area (Å²) in [5.74, 6) is 1.29. The van der Waals surface area contributed by atoms with E-state index in [2.05, 4.69) is 73.7 Å². The molecule has 0 saturated heterocycles. The van der Waals surface area contributed by atoms with Crippen LogP contribution in [0.2, 0.25) is 0 Å². The molecule has 0 amide bonds. The Morgan fingerprint density at radius 3 is 2.58 bits per heavy atom. The quantitative estimate of drug-likeness (QED) is 0.711. The van der Waals surface area contributed by atoms with Gasteiger partial charge in [-0.3, -0.25) is 0 Å². The van der Waals surface area contributed by atoms with E-state index in [1.165, 1.54) is 18.4 Å². The Morgan fingerprint density at radius 2 is 1.74 bits per heavy atom. The highest BCUT2D eigenvalue weighted by molar-refractivity contribution is 5.49. The molecular weight excluding hydrogens is 228 g/mol. The van der Waals surface area contributed by atoms with Gasteiger partial charge < -0.3 is 0 Å². The van der Waals surface area contributed by atoms with Gasteiger partial charge in [0.1, 0.15) is 0 Å². The van der Waals surface area contributed by atoms with Gasteiger partial charge in [0.15, 0.2) is 0 Å². The van der Waals surface area contributed by atoms with Crippen molar-refractivity contribution >= 4 is 6.08 Å². The molecule has 0 spiro atoms. The summed E-state index contributed by atoms with van der Waals surface area (Å²) in [6.07, 6.45) is 7.15. The third-order valence-corrected chi connectivity index (χ3v) is 4.21. The smallest absolute Gasteiger partial charge is 0.00956 e. The number of allylic oxidation sites excluding steroid dienone is 1. The van der Waals surface area contributed by atoms with Crippen molar-refractivity contribution in [1.82, 2.24) is 0 Å². The summed E-state index contributed by atoms with van der Waals surface area (Å²) in [6.45, 7) is 2.34. The van der Waals surface area contributed by atoms with Crippen LogP contribution in [-0.2, 0) is 6.42 Å². The van der Waals surface area contributed by atoms with Crippen molar-refractivity contribution in [3.8, 4) is 0 Å². The first-order chi connectivity index (χ1) is 9.34. The van der Waals surface area contributed by atoms with Gasteiger partial charge in [-0.05, 0) is 41.4 Å². The summed E-state index contributed by atoms with van der Waals surface area (Å²) in [6, 6.07) is 19.5. The van der Waals surface area contributed by atoms with Crippen LogP contribution in [-0.4, -0.2) is 0 Å². The third-order valence-electron chi connectivity index (χ3n) is 4.21. The van der Waals surface area contributed by atoms with E-state index in [0.29, 0.717) is 11.8 Å². The zero-order valence-electron chi connectivity index (χ0n) is 11.4. The van der Waals surface area contributed by atoms with Crippen molar-refractivity contribution < 1.29 is 0 Å². The molecule has 19 heavy (non-hydrogen) atoms. The van der Waals surface area contributed by atoms with E-state index in [1.807, 2.05) is 0 Å². The lowest BCUT2D eigenvalue weighted by atomic mass is 9.88. The highest BCUT2D eigenvalue weighted by atomic mass is 14.3. The number of hydrogen-bond donors (Lipinski definition) is 0. The number of aryl methyl sites for hydroxylation is 1. The largest absolute Gasteiger partial charge is 0.0805 e. The van der Waals surface area contributed by atoms with Crippen LogP contribution in [0.25, 0.3) is 6.08 Å². The molecule has 0 aromatic heterocycles. The third kappa shape index (κ3) is 2.63. The summed E-state index contributed by atoms with van der Waals surface area (Å²) in [5.41, 5.74) is 4.40. The maximum Gasteiger partial charge on any atom is -0.00956 e. The number of hydrogen-bond acceptors (Lipinski definition) is 0. The fourth-order valence-corrected chi connectivity index (χ4v) is 3.10. The fraction of sp³-hybridized carbons (Fsp3) is 0.263. The molecule has 0 nitrogen and oxygen atoms in total. The van der Waals surface area contributed by atoms with E-state index in [9.17, 15) is 0 Å². The second-order valence-electron chi connectivity index (χ2n) is 5.47. The van der Waals surface area contributed by atoms with E-state index in [-0.39, 0.29) is 0 Å². The Bertz CT molecular complexity index is 566. The Hall–Kier alpha value is -1.82. The van der Waals surface area contributed by atoms with Crippen LogP contribution in [0.5, 0.6) is 0 Å². The van der Waals surface area contributed by atoms with Crippen molar-refractivity contribution in [2.24, 2.45) is 5.92 Å². The van der Waals surface area contributed by atoms with E-state index in [0.717, 1.165) is 0 Å². The second-order valence-corrected chi connectivity index (χ2v) is 5.47. The first-order valence-electron chi connectivity index (χ1n) is 7.15. The van der Waals surface area contributed by atoms with Gasteiger partial charge in [0.25, 0.3) is 0 Å². The standard InChI is InChI=1S/C19H20/c1-15(11-12-16-7-3-2-4-8-16)18-14-13-17-9-5-6-10-19(17)18/h2-12,15,18H,13-14H2,1H3/b12-11+. The molecule has 2 aromatic carbocycles. The molecular formula is C19H20. The summed E-state index contributed by atoms with van der Waals surface area (Å²) in [4.78, 5) is 0. The van der Waals surface area contributed by atoms with Crippen LogP contribution in [0, 0.1) is 5.92 Å². The molecule has 0 heterocycles. The molecule has 1 aliphatic rings. The average Bonchev–Trinajstić information content (AvgIpc) is 2.90. The van der Waals surface area contributed by atoms with Gasteiger partial charge in [-0.1, -0.05) is 73.7 Å². The summed E-state index contributed by atoms with van der Waals surface area (Å²) in [7, 11) is 0. The predicted molar refractivity (Wildman–Crippen MR) is 82.1 cm³/mol. The predicted octanol–water partition coefficient (Wildman–Crippen LogP) is 5.07. The summed E-state index contributed by atoms with van der Waals surface area (Å²) < 4.78 is 0. The fourth-order valence-electron chi connectivity index (χ4n) is 3.10. The monoisotopic (exact) mass is 248 g/mol. The Labute approximate surface area is 115 Å². The van der Waals surface area contributed by atoms with Crippen molar-refractivity contribution in [3.05, 3.63) is 77.4 Å². The summed E-state index contributed by atoms with van der Waals surface area (Å²) >= 11 is 0. The Balaban J connectivity index is 1.76. The molecule has 2 atom stereocenters. The van der Waals surface area contributed by atoms with Crippen molar-refractivity contribution in [2.45, 2.75) is 25.7 Å². The topological polar surface area (TPSA) is 0 Å². The lowest BCUT2D eigenvalue weighted by Crippen LogP contribution is -2.03. The van der Waals surface area contributed by atoms with Gasteiger partial charge in [-0.2, -0.15) is 0 Å². The Kier molecular flexibility index (Phi) is 3.50. The lowest BCUT2D eigenvalue weighted by Gasteiger charge is -2.16. The molecule has 96 valence electrons. The molecule has 1 aliphatic carbocycles. The molecule has 0 radical (unpaired) electrons. The van der Waals surface area contributed by atoms with Gasteiger partial charge in [0.05, 0.1) is 0 Å². The van der Waals surface area contributed by atoms with Crippen LogP contribution >= 0.6 is 0 Å². The van der Waals surface area contributed by atoms with Crippen LogP contribution in [0.15, 0.2) is 60.7 Å². The lowest BCUT2D eigenvalue weighted by molar-refractivity contribution is 0.544. The molecule has 3 rings (SSSR count). The first-order valence-corrected chi connectivity index (χ1v) is 7.15. The molecule has 0 aliphatic heterocycles. The Morgan fingerprint density at radius 1 is 1.00 bits per heavy atom. The van der Waals surface area contributed by atoms with Crippen LogP contribution in [0.1, 0.15) is 36.0 Å². The van der Waals surface area contributed by atoms with E-state index >= 15 is 0 Å². The van der Waals surface area contributed by atoms with Gasteiger partial charge >= 0.3 is 0 Å². The maximum absolute atomic E-state index is 2.36. The van der Waals surface area contributed by atoms with Gasteiger partial charge in [0, 0.05) is 0 Å². The number of fused-ring (bicyclic) bond motifs is 1. The molecule has 2 unspecified atom stereocenters.